The lowest BCUT2D eigenvalue weighted by atomic mass is 10.1. The van der Waals surface area contributed by atoms with Crippen LogP contribution in [0.1, 0.15) is 30.9 Å². The van der Waals surface area contributed by atoms with E-state index in [9.17, 15) is 5.11 Å². The fourth-order valence-corrected chi connectivity index (χ4v) is 2.87. The smallest absolute Gasteiger partial charge is 0.0914 e. The summed E-state index contributed by atoms with van der Waals surface area (Å²) in [4.78, 5) is 0. The van der Waals surface area contributed by atoms with E-state index in [1.54, 1.807) is 7.11 Å². The number of rotatable bonds is 5. The standard InChI is InChI=1S/C14H20BrNO2/c1-18-13-6-5-12(8-13)16-9-14(17)10-3-2-4-11(15)7-10/h2-4,7,12-14,16-17H,5-6,8-9H2,1H3. The molecular formula is C14H20BrNO2. The van der Waals surface area contributed by atoms with Gasteiger partial charge in [0.25, 0.3) is 0 Å². The van der Waals surface area contributed by atoms with Crippen LogP contribution in [0.3, 0.4) is 0 Å². The molecule has 1 fully saturated rings. The molecule has 0 radical (unpaired) electrons. The van der Waals surface area contributed by atoms with Crippen LogP contribution >= 0.6 is 15.9 Å². The predicted molar refractivity (Wildman–Crippen MR) is 75.5 cm³/mol. The maximum atomic E-state index is 10.1. The normalized spacial score (nSPS) is 25.3. The average Bonchev–Trinajstić information content (AvgIpc) is 2.84. The Morgan fingerprint density at radius 1 is 1.50 bits per heavy atom. The van der Waals surface area contributed by atoms with Crippen molar-refractivity contribution in [2.75, 3.05) is 13.7 Å². The summed E-state index contributed by atoms with van der Waals surface area (Å²) in [5.74, 6) is 0. The van der Waals surface area contributed by atoms with Crippen molar-refractivity contribution in [3.8, 4) is 0 Å². The van der Waals surface area contributed by atoms with Crippen molar-refractivity contribution in [1.82, 2.24) is 5.32 Å². The largest absolute Gasteiger partial charge is 0.387 e. The van der Waals surface area contributed by atoms with E-state index >= 15 is 0 Å². The van der Waals surface area contributed by atoms with Gasteiger partial charge in [0, 0.05) is 24.2 Å². The Bertz CT molecular complexity index is 386. The van der Waals surface area contributed by atoms with Crippen LogP contribution in [0.2, 0.25) is 0 Å². The quantitative estimate of drug-likeness (QED) is 0.878. The Morgan fingerprint density at radius 2 is 2.33 bits per heavy atom. The number of hydrogen-bond donors (Lipinski definition) is 2. The summed E-state index contributed by atoms with van der Waals surface area (Å²) >= 11 is 3.42. The number of nitrogens with one attached hydrogen (secondary N) is 1. The van der Waals surface area contributed by atoms with Gasteiger partial charge in [0.2, 0.25) is 0 Å². The predicted octanol–water partition coefficient (Wildman–Crippen LogP) is 2.64. The minimum atomic E-state index is -0.455. The third-order valence-electron chi connectivity index (χ3n) is 3.55. The molecule has 2 rings (SSSR count). The minimum absolute atomic E-state index is 0.380. The van der Waals surface area contributed by atoms with Crippen LogP contribution < -0.4 is 5.32 Å². The Kier molecular flexibility index (Phi) is 5.18. The number of aliphatic hydroxyl groups is 1. The summed E-state index contributed by atoms with van der Waals surface area (Å²) < 4.78 is 6.34. The van der Waals surface area contributed by atoms with E-state index < -0.39 is 6.10 Å². The molecule has 0 bridgehead atoms. The lowest BCUT2D eigenvalue weighted by molar-refractivity contribution is 0.105. The third-order valence-corrected chi connectivity index (χ3v) is 4.04. The monoisotopic (exact) mass is 313 g/mol. The molecule has 3 atom stereocenters. The Labute approximate surface area is 117 Å². The molecule has 1 saturated carbocycles. The highest BCUT2D eigenvalue weighted by Gasteiger charge is 2.24. The van der Waals surface area contributed by atoms with Crippen LogP contribution in [0, 0.1) is 0 Å². The molecule has 3 nitrogen and oxygen atoms in total. The summed E-state index contributed by atoms with van der Waals surface area (Å²) in [5.41, 5.74) is 0.943. The molecule has 100 valence electrons. The highest BCUT2D eigenvalue weighted by atomic mass is 79.9. The zero-order valence-corrected chi connectivity index (χ0v) is 12.2. The lowest BCUT2D eigenvalue weighted by Gasteiger charge is -2.17. The van der Waals surface area contributed by atoms with Crippen molar-refractivity contribution in [1.29, 1.82) is 0 Å². The summed E-state index contributed by atoms with van der Waals surface area (Å²) in [6, 6.07) is 8.28. The Balaban J connectivity index is 1.80. The van der Waals surface area contributed by atoms with Crippen molar-refractivity contribution >= 4 is 15.9 Å². The van der Waals surface area contributed by atoms with Gasteiger partial charge in [-0.15, -0.1) is 0 Å². The molecule has 0 spiro atoms. The molecule has 4 heteroatoms. The topological polar surface area (TPSA) is 41.5 Å². The second kappa shape index (κ2) is 6.66. The van der Waals surface area contributed by atoms with E-state index in [1.165, 1.54) is 0 Å². The molecule has 1 aliphatic carbocycles. The molecule has 0 amide bonds. The molecule has 0 saturated heterocycles. The second-order valence-corrected chi connectivity index (χ2v) is 5.76. The fraction of sp³-hybridized carbons (Fsp3) is 0.571. The molecule has 0 aliphatic heterocycles. The fourth-order valence-electron chi connectivity index (χ4n) is 2.45. The van der Waals surface area contributed by atoms with E-state index in [2.05, 4.69) is 21.2 Å². The highest BCUT2D eigenvalue weighted by molar-refractivity contribution is 9.10. The van der Waals surface area contributed by atoms with Crippen LogP contribution in [0.25, 0.3) is 0 Å². The first-order valence-electron chi connectivity index (χ1n) is 6.38. The van der Waals surface area contributed by atoms with Gasteiger partial charge in [-0.1, -0.05) is 28.1 Å². The average molecular weight is 314 g/mol. The van der Waals surface area contributed by atoms with Gasteiger partial charge in [0.15, 0.2) is 0 Å². The van der Waals surface area contributed by atoms with Crippen LogP contribution in [-0.4, -0.2) is 30.9 Å². The van der Waals surface area contributed by atoms with Crippen LogP contribution in [-0.2, 0) is 4.74 Å². The second-order valence-electron chi connectivity index (χ2n) is 4.85. The lowest BCUT2D eigenvalue weighted by Crippen LogP contribution is -2.31. The van der Waals surface area contributed by atoms with Gasteiger partial charge in [0.05, 0.1) is 12.2 Å². The first-order valence-corrected chi connectivity index (χ1v) is 7.18. The van der Waals surface area contributed by atoms with Crippen molar-refractivity contribution in [2.24, 2.45) is 0 Å². The molecule has 1 aliphatic rings. The van der Waals surface area contributed by atoms with Gasteiger partial charge >= 0.3 is 0 Å². The van der Waals surface area contributed by atoms with Gasteiger partial charge in [-0.2, -0.15) is 0 Å². The molecular weight excluding hydrogens is 294 g/mol. The Hall–Kier alpha value is -0.420. The summed E-state index contributed by atoms with van der Waals surface area (Å²) in [7, 11) is 1.77. The number of halogens is 1. The van der Waals surface area contributed by atoms with Crippen molar-refractivity contribution in [3.63, 3.8) is 0 Å². The van der Waals surface area contributed by atoms with Crippen molar-refractivity contribution in [2.45, 2.75) is 37.5 Å². The maximum Gasteiger partial charge on any atom is 0.0914 e. The number of methoxy groups -OCH3 is 1. The maximum absolute atomic E-state index is 10.1. The number of hydrogen-bond acceptors (Lipinski definition) is 3. The SMILES string of the molecule is COC1CCC(NCC(O)c2cccc(Br)c2)C1. The molecule has 18 heavy (non-hydrogen) atoms. The zero-order valence-electron chi connectivity index (χ0n) is 10.6. The van der Waals surface area contributed by atoms with Crippen LogP contribution in [0.5, 0.6) is 0 Å². The van der Waals surface area contributed by atoms with Gasteiger partial charge in [-0.3, -0.25) is 0 Å². The van der Waals surface area contributed by atoms with Gasteiger partial charge in [-0.05, 0) is 37.0 Å². The van der Waals surface area contributed by atoms with E-state index in [0.717, 1.165) is 29.3 Å². The molecule has 2 N–H and O–H groups in total. The number of benzene rings is 1. The van der Waals surface area contributed by atoms with E-state index in [4.69, 9.17) is 4.74 Å². The summed E-state index contributed by atoms with van der Waals surface area (Å²) in [6.45, 7) is 0.595. The molecule has 1 aromatic rings. The van der Waals surface area contributed by atoms with E-state index in [-0.39, 0.29) is 0 Å². The molecule has 0 aromatic heterocycles. The molecule has 3 unspecified atom stereocenters. The summed E-state index contributed by atoms with van der Waals surface area (Å²) in [5, 5.41) is 13.5. The first kappa shape index (κ1) is 14.0. The van der Waals surface area contributed by atoms with E-state index in [1.807, 2.05) is 24.3 Å². The highest BCUT2D eigenvalue weighted by Crippen LogP contribution is 2.22. The first-order chi connectivity index (χ1) is 8.69. The minimum Gasteiger partial charge on any atom is -0.387 e. The van der Waals surface area contributed by atoms with Crippen LogP contribution in [0.15, 0.2) is 28.7 Å². The Morgan fingerprint density at radius 3 is 3.00 bits per heavy atom. The van der Waals surface area contributed by atoms with Gasteiger partial charge in [-0.25, -0.2) is 0 Å². The van der Waals surface area contributed by atoms with Gasteiger partial charge in [0.1, 0.15) is 0 Å². The molecule has 0 heterocycles. The number of aliphatic hydroxyl groups excluding tert-OH is 1. The van der Waals surface area contributed by atoms with Crippen LogP contribution in [0.4, 0.5) is 0 Å². The zero-order chi connectivity index (χ0) is 13.0. The number of ether oxygens (including phenoxy) is 1. The van der Waals surface area contributed by atoms with Crippen molar-refractivity contribution in [3.05, 3.63) is 34.3 Å². The third kappa shape index (κ3) is 3.79. The summed E-state index contributed by atoms with van der Waals surface area (Å²) in [6.07, 6.45) is 3.21. The van der Waals surface area contributed by atoms with Crippen molar-refractivity contribution < 1.29 is 9.84 Å². The van der Waals surface area contributed by atoms with Gasteiger partial charge < -0.3 is 15.2 Å². The van der Waals surface area contributed by atoms with E-state index in [0.29, 0.717) is 18.7 Å². The molecule has 1 aromatic carbocycles.